The van der Waals surface area contributed by atoms with Crippen LogP contribution in [0.3, 0.4) is 0 Å². The Labute approximate surface area is 170 Å². The molecular weight excluding hydrogens is 366 g/mol. The number of aromatic nitrogens is 2. The molecule has 0 aliphatic carbocycles. The van der Waals surface area contributed by atoms with Gasteiger partial charge in [-0.1, -0.05) is 60.2 Å². The van der Waals surface area contributed by atoms with E-state index in [9.17, 15) is 9.59 Å². The molecule has 0 radical (unpaired) electrons. The summed E-state index contributed by atoms with van der Waals surface area (Å²) in [6.45, 7) is 4.47. The molecule has 0 bridgehead atoms. The van der Waals surface area contributed by atoms with Gasteiger partial charge in [0, 0.05) is 18.8 Å². The van der Waals surface area contributed by atoms with Gasteiger partial charge in [0.25, 0.3) is 5.91 Å². The van der Waals surface area contributed by atoms with E-state index in [0.717, 1.165) is 16.7 Å². The molecule has 1 amide bonds. The first-order valence-corrected chi connectivity index (χ1v) is 9.57. The summed E-state index contributed by atoms with van der Waals surface area (Å²) in [5.74, 6) is -0.704. The van der Waals surface area contributed by atoms with Crippen LogP contribution in [0, 0.1) is 6.92 Å². The minimum Gasteiger partial charge on any atom is -0.465 e. The van der Waals surface area contributed by atoms with E-state index < -0.39 is 5.97 Å². The minimum atomic E-state index is -0.433. The number of esters is 1. The first kappa shape index (κ1) is 20.3. The fraction of sp³-hybridized carbons (Fsp3) is 0.261. The smallest absolute Gasteiger partial charge is 0.325 e. The molecule has 6 nitrogen and oxygen atoms in total. The van der Waals surface area contributed by atoms with Crippen molar-refractivity contribution in [3.8, 4) is 11.3 Å². The van der Waals surface area contributed by atoms with E-state index in [1.165, 1.54) is 4.90 Å². The number of nitrogens with zero attached hydrogens (tertiary/aromatic N) is 3. The Kier molecular flexibility index (Phi) is 6.44. The first-order valence-electron chi connectivity index (χ1n) is 9.57. The van der Waals surface area contributed by atoms with Gasteiger partial charge in [0.1, 0.15) is 12.2 Å². The molecule has 0 aliphatic heterocycles. The number of carbonyl (C=O) groups is 2. The highest BCUT2D eigenvalue weighted by molar-refractivity contribution is 6.00. The second kappa shape index (κ2) is 9.19. The summed E-state index contributed by atoms with van der Waals surface area (Å²) >= 11 is 0. The SMILES string of the molecule is CCOC(=O)CN(C)C(=O)c1cn(Cc2ccccc2)nc1-c1ccc(C)cc1. The lowest BCUT2D eigenvalue weighted by Crippen LogP contribution is -2.33. The summed E-state index contributed by atoms with van der Waals surface area (Å²) in [4.78, 5) is 26.2. The van der Waals surface area contributed by atoms with E-state index in [4.69, 9.17) is 4.74 Å². The third-order valence-corrected chi connectivity index (χ3v) is 4.52. The molecule has 0 N–H and O–H groups in total. The molecule has 150 valence electrons. The summed E-state index contributed by atoms with van der Waals surface area (Å²) in [5, 5.41) is 4.68. The zero-order chi connectivity index (χ0) is 20.8. The van der Waals surface area contributed by atoms with Crippen molar-refractivity contribution in [3.63, 3.8) is 0 Å². The molecule has 0 saturated heterocycles. The predicted octanol–water partition coefficient (Wildman–Crippen LogP) is 3.54. The molecule has 3 rings (SSSR count). The van der Waals surface area contributed by atoms with E-state index in [1.54, 1.807) is 24.9 Å². The fourth-order valence-corrected chi connectivity index (χ4v) is 3.03. The number of rotatable bonds is 7. The summed E-state index contributed by atoms with van der Waals surface area (Å²) < 4.78 is 6.72. The Balaban J connectivity index is 1.93. The van der Waals surface area contributed by atoms with Crippen molar-refractivity contribution in [2.45, 2.75) is 20.4 Å². The molecule has 1 aromatic heterocycles. The molecule has 2 aromatic carbocycles. The van der Waals surface area contributed by atoms with E-state index in [2.05, 4.69) is 5.10 Å². The number of aryl methyl sites for hydroxylation is 1. The van der Waals surface area contributed by atoms with Gasteiger partial charge in [-0.2, -0.15) is 5.10 Å². The van der Waals surface area contributed by atoms with Gasteiger partial charge < -0.3 is 9.64 Å². The Bertz CT molecular complexity index is 978. The maximum Gasteiger partial charge on any atom is 0.325 e. The molecule has 0 unspecified atom stereocenters. The van der Waals surface area contributed by atoms with Crippen LogP contribution >= 0.6 is 0 Å². The first-order chi connectivity index (χ1) is 14.0. The minimum absolute atomic E-state index is 0.107. The van der Waals surface area contributed by atoms with Gasteiger partial charge in [0.2, 0.25) is 0 Å². The number of hydrogen-bond acceptors (Lipinski definition) is 4. The van der Waals surface area contributed by atoms with Crippen molar-refractivity contribution in [2.24, 2.45) is 0 Å². The van der Waals surface area contributed by atoms with Gasteiger partial charge in [0.05, 0.1) is 18.7 Å². The van der Waals surface area contributed by atoms with E-state index in [-0.39, 0.29) is 19.1 Å². The lowest BCUT2D eigenvalue weighted by molar-refractivity contribution is -0.143. The zero-order valence-corrected chi connectivity index (χ0v) is 17.0. The van der Waals surface area contributed by atoms with Crippen LogP contribution in [0.1, 0.15) is 28.4 Å². The largest absolute Gasteiger partial charge is 0.465 e. The molecule has 0 fully saturated rings. The summed E-state index contributed by atoms with van der Waals surface area (Å²) in [6.07, 6.45) is 1.74. The molecular formula is C23H25N3O3. The van der Waals surface area contributed by atoms with Crippen LogP contribution in [-0.4, -0.2) is 46.8 Å². The van der Waals surface area contributed by atoms with Crippen molar-refractivity contribution in [1.29, 1.82) is 0 Å². The Morgan fingerprint density at radius 1 is 1.07 bits per heavy atom. The average molecular weight is 391 g/mol. The maximum absolute atomic E-state index is 13.1. The molecule has 0 atom stereocenters. The molecule has 1 heterocycles. The van der Waals surface area contributed by atoms with Crippen LogP contribution in [-0.2, 0) is 16.1 Å². The quantitative estimate of drug-likeness (QED) is 0.578. The molecule has 0 spiro atoms. The zero-order valence-electron chi connectivity index (χ0n) is 17.0. The van der Waals surface area contributed by atoms with Crippen molar-refractivity contribution in [2.75, 3.05) is 20.2 Å². The van der Waals surface area contributed by atoms with Gasteiger partial charge >= 0.3 is 5.97 Å². The van der Waals surface area contributed by atoms with Crippen molar-refractivity contribution >= 4 is 11.9 Å². The van der Waals surface area contributed by atoms with Crippen molar-refractivity contribution < 1.29 is 14.3 Å². The van der Waals surface area contributed by atoms with E-state index in [0.29, 0.717) is 17.8 Å². The van der Waals surface area contributed by atoms with Gasteiger partial charge in [-0.15, -0.1) is 0 Å². The van der Waals surface area contributed by atoms with Crippen molar-refractivity contribution in [1.82, 2.24) is 14.7 Å². The molecule has 0 aliphatic rings. The highest BCUT2D eigenvalue weighted by Crippen LogP contribution is 2.24. The summed E-state index contributed by atoms with van der Waals surface area (Å²) in [6, 6.07) is 17.8. The number of ether oxygens (including phenoxy) is 1. The van der Waals surface area contributed by atoms with Gasteiger partial charge in [-0.25, -0.2) is 0 Å². The third-order valence-electron chi connectivity index (χ3n) is 4.52. The normalized spacial score (nSPS) is 10.6. The predicted molar refractivity (Wildman–Crippen MR) is 112 cm³/mol. The number of benzene rings is 2. The van der Waals surface area contributed by atoms with Gasteiger partial charge in [0.15, 0.2) is 0 Å². The molecule has 29 heavy (non-hydrogen) atoms. The van der Waals surface area contributed by atoms with Crippen LogP contribution in [0.5, 0.6) is 0 Å². The Hall–Kier alpha value is -3.41. The van der Waals surface area contributed by atoms with Gasteiger partial charge in [-0.05, 0) is 19.4 Å². The van der Waals surface area contributed by atoms with Crippen LogP contribution in [0.25, 0.3) is 11.3 Å². The van der Waals surface area contributed by atoms with E-state index >= 15 is 0 Å². The number of likely N-dealkylation sites (N-methyl/N-ethyl adjacent to an activating group) is 1. The van der Waals surface area contributed by atoms with Crippen LogP contribution in [0.4, 0.5) is 0 Å². The Morgan fingerprint density at radius 3 is 2.41 bits per heavy atom. The number of hydrogen-bond donors (Lipinski definition) is 0. The van der Waals surface area contributed by atoms with Gasteiger partial charge in [-0.3, -0.25) is 14.3 Å². The standard InChI is InChI=1S/C23H25N3O3/c1-4-29-21(27)16-25(3)23(28)20-15-26(14-18-8-6-5-7-9-18)24-22(20)19-12-10-17(2)11-13-19/h5-13,15H,4,14,16H2,1-3H3. The third kappa shape index (κ3) is 5.10. The number of carbonyl (C=O) groups excluding carboxylic acids is 2. The van der Waals surface area contributed by atoms with Crippen LogP contribution < -0.4 is 0 Å². The van der Waals surface area contributed by atoms with E-state index in [1.807, 2.05) is 61.5 Å². The molecule has 6 heteroatoms. The average Bonchev–Trinajstić information content (AvgIpc) is 3.12. The monoisotopic (exact) mass is 391 g/mol. The van der Waals surface area contributed by atoms with Crippen molar-refractivity contribution in [3.05, 3.63) is 77.5 Å². The molecule has 3 aromatic rings. The lowest BCUT2D eigenvalue weighted by atomic mass is 10.1. The highest BCUT2D eigenvalue weighted by Gasteiger charge is 2.23. The van der Waals surface area contributed by atoms with Crippen LogP contribution in [0.2, 0.25) is 0 Å². The van der Waals surface area contributed by atoms with Crippen LogP contribution in [0.15, 0.2) is 60.8 Å². The highest BCUT2D eigenvalue weighted by atomic mass is 16.5. The maximum atomic E-state index is 13.1. The molecule has 0 saturated carbocycles. The Morgan fingerprint density at radius 2 is 1.76 bits per heavy atom. The fourth-order valence-electron chi connectivity index (χ4n) is 3.03. The summed E-state index contributed by atoms with van der Waals surface area (Å²) in [7, 11) is 1.59. The lowest BCUT2D eigenvalue weighted by Gasteiger charge is -2.16. The second-order valence-electron chi connectivity index (χ2n) is 6.91. The summed E-state index contributed by atoms with van der Waals surface area (Å²) in [5.41, 5.74) is 4.13. The second-order valence-corrected chi connectivity index (χ2v) is 6.91. The number of amides is 1. The topological polar surface area (TPSA) is 64.4 Å².